The molecule has 1 radical (unpaired) electrons. The van der Waals surface area contributed by atoms with E-state index in [0.717, 1.165) is 0 Å². The van der Waals surface area contributed by atoms with Crippen LogP contribution in [0.15, 0.2) is 24.3 Å². The number of hydrogen-bond acceptors (Lipinski definition) is 3. The zero-order valence-corrected chi connectivity index (χ0v) is 6.65. The molecule has 65 valence electrons. The van der Waals surface area contributed by atoms with Crippen LogP contribution in [-0.4, -0.2) is 15.3 Å². The van der Waals surface area contributed by atoms with Crippen molar-refractivity contribution < 1.29 is 15.3 Å². The van der Waals surface area contributed by atoms with Crippen LogP contribution in [0.4, 0.5) is 0 Å². The Morgan fingerprint density at radius 2 is 1.77 bits per heavy atom. The molecule has 13 heavy (non-hydrogen) atoms. The van der Waals surface area contributed by atoms with Gasteiger partial charge in [0.2, 0.25) is 0 Å². The predicted molar refractivity (Wildman–Crippen MR) is 47.8 cm³/mol. The normalized spacial score (nSPS) is 10.5. The van der Waals surface area contributed by atoms with E-state index in [2.05, 4.69) is 6.07 Å². The van der Waals surface area contributed by atoms with E-state index < -0.39 is 0 Å². The van der Waals surface area contributed by atoms with E-state index in [4.69, 9.17) is 5.11 Å². The first-order chi connectivity index (χ1) is 6.20. The van der Waals surface area contributed by atoms with E-state index in [-0.39, 0.29) is 22.6 Å². The van der Waals surface area contributed by atoms with Gasteiger partial charge in [-0.1, -0.05) is 12.1 Å². The summed E-state index contributed by atoms with van der Waals surface area (Å²) < 4.78 is 0. The number of aromatic hydroxyl groups is 3. The maximum absolute atomic E-state index is 9.41. The number of fused-ring (bicyclic) bond motifs is 1. The van der Waals surface area contributed by atoms with Gasteiger partial charge < -0.3 is 15.3 Å². The molecule has 0 aliphatic carbocycles. The highest BCUT2D eigenvalue weighted by molar-refractivity contribution is 5.94. The van der Waals surface area contributed by atoms with Crippen LogP contribution in [0.1, 0.15) is 0 Å². The average molecular weight is 175 g/mol. The maximum atomic E-state index is 9.41. The third-order valence-corrected chi connectivity index (χ3v) is 1.89. The van der Waals surface area contributed by atoms with Gasteiger partial charge in [-0.25, -0.2) is 0 Å². The van der Waals surface area contributed by atoms with Crippen molar-refractivity contribution in [3.8, 4) is 17.2 Å². The minimum atomic E-state index is -0.313. The molecule has 0 bridgehead atoms. The van der Waals surface area contributed by atoms with Crippen LogP contribution in [0.5, 0.6) is 17.2 Å². The molecule has 0 amide bonds. The van der Waals surface area contributed by atoms with Gasteiger partial charge in [0.1, 0.15) is 5.75 Å². The van der Waals surface area contributed by atoms with Gasteiger partial charge in [-0.3, -0.25) is 0 Å². The van der Waals surface area contributed by atoms with Gasteiger partial charge in [0, 0.05) is 0 Å². The number of benzene rings is 2. The van der Waals surface area contributed by atoms with E-state index in [9.17, 15) is 10.2 Å². The summed E-state index contributed by atoms with van der Waals surface area (Å²) in [6, 6.07) is 8.76. The smallest absolute Gasteiger partial charge is 0.169 e. The summed E-state index contributed by atoms with van der Waals surface area (Å²) in [5, 5.41) is 28.7. The molecule has 3 nitrogen and oxygen atoms in total. The van der Waals surface area contributed by atoms with Crippen LogP contribution in [0.25, 0.3) is 10.8 Å². The molecule has 0 heterocycles. The van der Waals surface area contributed by atoms with Gasteiger partial charge in [0.05, 0.1) is 5.39 Å². The molecule has 0 aliphatic rings. The van der Waals surface area contributed by atoms with Crippen molar-refractivity contribution in [2.24, 2.45) is 0 Å². The van der Waals surface area contributed by atoms with Crippen LogP contribution < -0.4 is 0 Å². The molecule has 2 rings (SSSR count). The monoisotopic (exact) mass is 175 g/mol. The van der Waals surface area contributed by atoms with E-state index >= 15 is 0 Å². The molecule has 3 N–H and O–H groups in total. The fourth-order valence-corrected chi connectivity index (χ4v) is 1.25. The molecule has 0 saturated carbocycles. The topological polar surface area (TPSA) is 60.7 Å². The van der Waals surface area contributed by atoms with Gasteiger partial charge in [-0.15, -0.1) is 0 Å². The summed E-state index contributed by atoms with van der Waals surface area (Å²) in [6.45, 7) is 0. The van der Waals surface area contributed by atoms with Crippen LogP contribution in [0.3, 0.4) is 0 Å². The fraction of sp³-hybridized carbons (Fsp3) is 0. The molecule has 2 aromatic carbocycles. The molecule has 2 aromatic rings. The second kappa shape index (κ2) is 2.55. The summed E-state index contributed by atoms with van der Waals surface area (Å²) in [7, 11) is 0. The Morgan fingerprint density at radius 1 is 1.00 bits per heavy atom. The Labute approximate surface area is 74.5 Å². The number of hydrogen-bond donors (Lipinski definition) is 3. The average Bonchev–Trinajstić information content (AvgIpc) is 2.12. The summed E-state index contributed by atoms with van der Waals surface area (Å²) in [5.41, 5.74) is 0. The zero-order chi connectivity index (χ0) is 9.42. The molecule has 0 atom stereocenters. The highest BCUT2D eigenvalue weighted by Crippen LogP contribution is 2.37. The summed E-state index contributed by atoms with van der Waals surface area (Å²) >= 11 is 0. The van der Waals surface area contributed by atoms with Gasteiger partial charge >= 0.3 is 0 Å². The van der Waals surface area contributed by atoms with Crippen molar-refractivity contribution in [1.29, 1.82) is 0 Å². The highest BCUT2D eigenvalue weighted by Gasteiger charge is 2.08. The molecular formula is C10H7O3. The number of rotatable bonds is 0. The van der Waals surface area contributed by atoms with E-state index in [1.807, 2.05) is 0 Å². The van der Waals surface area contributed by atoms with Crippen molar-refractivity contribution in [3.63, 3.8) is 0 Å². The third kappa shape index (κ3) is 1.05. The lowest BCUT2D eigenvalue weighted by Gasteiger charge is -2.03. The quantitative estimate of drug-likeness (QED) is 0.534. The Morgan fingerprint density at radius 3 is 2.54 bits per heavy atom. The molecule has 0 fully saturated rings. The van der Waals surface area contributed by atoms with E-state index in [1.54, 1.807) is 12.1 Å². The SMILES string of the molecule is Oc1c[c]c2cccc(O)c2c1O. The van der Waals surface area contributed by atoms with Crippen molar-refractivity contribution in [3.05, 3.63) is 30.3 Å². The fourth-order valence-electron chi connectivity index (χ4n) is 1.25. The summed E-state index contributed by atoms with van der Waals surface area (Å²) in [6.07, 6.45) is 0. The van der Waals surface area contributed by atoms with Crippen LogP contribution >= 0.6 is 0 Å². The minimum Gasteiger partial charge on any atom is -0.507 e. The Kier molecular flexibility index (Phi) is 1.52. The molecule has 0 aliphatic heterocycles. The first-order valence-corrected chi connectivity index (χ1v) is 3.74. The van der Waals surface area contributed by atoms with E-state index in [0.29, 0.717) is 5.39 Å². The van der Waals surface area contributed by atoms with Crippen LogP contribution in [0, 0.1) is 6.07 Å². The number of phenols is 3. The lowest BCUT2D eigenvalue weighted by molar-refractivity contribution is 0.405. The molecule has 0 spiro atoms. The third-order valence-electron chi connectivity index (χ3n) is 1.89. The minimum absolute atomic E-state index is 0.0675. The molecular weight excluding hydrogens is 168 g/mol. The molecule has 0 unspecified atom stereocenters. The first-order valence-electron chi connectivity index (χ1n) is 3.74. The second-order valence-corrected chi connectivity index (χ2v) is 2.72. The number of phenolic OH excluding ortho intramolecular Hbond substituents is 3. The van der Waals surface area contributed by atoms with Crippen molar-refractivity contribution in [1.82, 2.24) is 0 Å². The molecule has 3 heteroatoms. The Bertz CT molecular complexity index is 463. The zero-order valence-electron chi connectivity index (χ0n) is 6.65. The summed E-state index contributed by atoms with van der Waals surface area (Å²) in [5.74, 6) is -0.664. The van der Waals surface area contributed by atoms with Crippen molar-refractivity contribution in [2.45, 2.75) is 0 Å². The Hall–Kier alpha value is -1.90. The highest BCUT2D eigenvalue weighted by atomic mass is 16.3. The Balaban J connectivity index is 2.97. The van der Waals surface area contributed by atoms with Crippen LogP contribution in [-0.2, 0) is 0 Å². The predicted octanol–water partition coefficient (Wildman–Crippen LogP) is 1.76. The lowest BCUT2D eigenvalue weighted by atomic mass is 10.1. The van der Waals surface area contributed by atoms with Gasteiger partial charge in [0.15, 0.2) is 11.5 Å². The second-order valence-electron chi connectivity index (χ2n) is 2.72. The summed E-state index contributed by atoms with van der Waals surface area (Å²) in [4.78, 5) is 0. The largest absolute Gasteiger partial charge is 0.507 e. The van der Waals surface area contributed by atoms with Crippen LogP contribution in [0.2, 0.25) is 0 Å². The first kappa shape index (κ1) is 7.73. The lowest BCUT2D eigenvalue weighted by Crippen LogP contribution is -1.76. The molecule has 0 saturated heterocycles. The van der Waals surface area contributed by atoms with Gasteiger partial charge in [0.25, 0.3) is 0 Å². The molecule has 0 aromatic heterocycles. The van der Waals surface area contributed by atoms with Crippen molar-refractivity contribution >= 4 is 10.8 Å². The van der Waals surface area contributed by atoms with E-state index in [1.165, 1.54) is 12.1 Å². The van der Waals surface area contributed by atoms with Gasteiger partial charge in [-0.05, 0) is 23.6 Å². The maximum Gasteiger partial charge on any atom is 0.169 e. The standard InChI is InChI=1S/C10H7O3/c11-7-3-1-2-6-4-5-8(12)10(13)9(6)7/h1-3,5,11-13H. The van der Waals surface area contributed by atoms with Gasteiger partial charge in [-0.2, -0.15) is 0 Å². The van der Waals surface area contributed by atoms with Crippen molar-refractivity contribution in [2.75, 3.05) is 0 Å².